The molecule has 34 heavy (non-hydrogen) atoms. The van der Waals surface area contributed by atoms with E-state index in [1.54, 1.807) is 6.07 Å². The molecule has 1 fully saturated rings. The molecule has 0 spiro atoms. The van der Waals surface area contributed by atoms with E-state index >= 15 is 0 Å². The third-order valence-electron chi connectivity index (χ3n) is 6.75. The highest BCUT2D eigenvalue weighted by molar-refractivity contribution is 6.24. The van der Waals surface area contributed by atoms with Gasteiger partial charge in [-0.15, -0.1) is 0 Å². The van der Waals surface area contributed by atoms with Crippen molar-refractivity contribution >= 4 is 23.2 Å². The van der Waals surface area contributed by atoms with E-state index in [0.717, 1.165) is 0 Å². The van der Waals surface area contributed by atoms with E-state index in [2.05, 4.69) is 11.8 Å². The van der Waals surface area contributed by atoms with Crippen molar-refractivity contribution in [1.29, 1.82) is 0 Å². The summed E-state index contributed by atoms with van der Waals surface area (Å²) in [5.74, 6) is -1.32. The molecule has 0 saturated heterocycles. The zero-order chi connectivity index (χ0) is 25.1. The molecule has 10 nitrogen and oxygen atoms in total. The Morgan fingerprint density at radius 1 is 1.24 bits per heavy atom. The Kier molecular flexibility index (Phi) is 5.52. The van der Waals surface area contributed by atoms with Gasteiger partial charge in [0.1, 0.15) is 22.8 Å². The van der Waals surface area contributed by atoms with Crippen molar-refractivity contribution in [3.8, 4) is 17.6 Å². The van der Waals surface area contributed by atoms with Crippen molar-refractivity contribution in [3.05, 3.63) is 45.7 Å². The molecule has 1 aromatic rings. The smallest absolute Gasteiger partial charge is 0.255 e. The van der Waals surface area contributed by atoms with Gasteiger partial charge in [-0.3, -0.25) is 19.3 Å². The number of carbonyl (C=O) groups excluding carboxylic acids is 3. The monoisotopic (exact) mass is 467 g/mol. The molecule has 0 radical (unpaired) electrons. The van der Waals surface area contributed by atoms with Gasteiger partial charge in [-0.05, 0) is 50.6 Å². The van der Waals surface area contributed by atoms with Crippen LogP contribution in [0.3, 0.4) is 0 Å². The lowest BCUT2D eigenvalue weighted by atomic mass is 9.57. The predicted octanol–water partition coefficient (Wildman–Crippen LogP) is -0.726. The molecule has 1 amide bonds. The number of fused-ring (bicyclic) bond motifs is 3. The van der Waals surface area contributed by atoms with Crippen molar-refractivity contribution in [3.63, 3.8) is 0 Å². The number of nitrogens with two attached hydrogens (primary N) is 2. The van der Waals surface area contributed by atoms with Crippen molar-refractivity contribution < 1.29 is 34.8 Å². The fourth-order valence-corrected chi connectivity index (χ4v) is 5.13. The number of Topliss-reactive ketones (excluding diaryl/α,β-unsaturated/α-hetero) is 2. The zero-order valence-corrected chi connectivity index (χ0v) is 18.6. The number of aliphatic hydroxyl groups is 3. The number of phenols is 1. The number of hydrogen-bond donors (Lipinski definition) is 6. The number of benzene rings is 1. The Hall–Kier alpha value is -3.65. The number of rotatable bonds is 2. The lowest BCUT2D eigenvalue weighted by Gasteiger charge is -2.48. The summed E-state index contributed by atoms with van der Waals surface area (Å²) in [7, 11) is 3.72. The second-order valence-electron chi connectivity index (χ2n) is 9.10. The van der Waals surface area contributed by atoms with E-state index in [4.69, 9.17) is 11.5 Å². The summed E-state index contributed by atoms with van der Waals surface area (Å²) in [6.07, 6.45) is 0.117. The number of aromatic hydroxyl groups is 1. The zero-order valence-electron chi connectivity index (χ0n) is 18.6. The number of hydrogen-bond acceptors (Lipinski definition) is 9. The summed E-state index contributed by atoms with van der Waals surface area (Å²) >= 11 is 0. The summed E-state index contributed by atoms with van der Waals surface area (Å²) in [5.41, 5.74) is 8.40. The van der Waals surface area contributed by atoms with Gasteiger partial charge in [0, 0.05) is 17.1 Å². The molecule has 2 unspecified atom stereocenters. The Bertz CT molecular complexity index is 1270. The Morgan fingerprint density at radius 3 is 2.53 bits per heavy atom. The molecular formula is C24H25N3O7. The van der Waals surface area contributed by atoms with Crippen molar-refractivity contribution in [2.75, 3.05) is 20.6 Å². The van der Waals surface area contributed by atoms with Gasteiger partial charge in [0.2, 0.25) is 5.78 Å². The molecule has 4 rings (SSSR count). The number of nitrogens with zero attached hydrogens (tertiary/aromatic N) is 1. The molecule has 3 aliphatic rings. The number of primary amides is 1. The third kappa shape index (κ3) is 3.20. The highest BCUT2D eigenvalue weighted by atomic mass is 16.3. The second kappa shape index (κ2) is 7.99. The third-order valence-corrected chi connectivity index (χ3v) is 6.75. The van der Waals surface area contributed by atoms with E-state index in [1.807, 2.05) is 19.0 Å². The quantitative estimate of drug-likeness (QED) is 0.241. The van der Waals surface area contributed by atoms with Gasteiger partial charge >= 0.3 is 0 Å². The van der Waals surface area contributed by atoms with Gasteiger partial charge in [0.05, 0.1) is 18.2 Å². The number of ketones is 2. The molecule has 0 aromatic heterocycles. The summed E-state index contributed by atoms with van der Waals surface area (Å²) < 4.78 is 0. The van der Waals surface area contributed by atoms with E-state index < -0.39 is 58.0 Å². The minimum atomic E-state index is -2.71. The molecule has 178 valence electrons. The lowest BCUT2D eigenvalue weighted by Crippen LogP contribution is -2.65. The fourth-order valence-electron chi connectivity index (χ4n) is 5.13. The summed E-state index contributed by atoms with van der Waals surface area (Å²) in [5, 5.41) is 43.5. The van der Waals surface area contributed by atoms with Gasteiger partial charge < -0.3 is 31.9 Å². The number of amides is 1. The maximum absolute atomic E-state index is 13.5. The van der Waals surface area contributed by atoms with Gasteiger partial charge in [-0.25, -0.2) is 0 Å². The van der Waals surface area contributed by atoms with Crippen LogP contribution in [-0.4, -0.2) is 75.1 Å². The van der Waals surface area contributed by atoms with Crippen LogP contribution in [0.1, 0.15) is 23.1 Å². The normalized spacial score (nSPS) is 28.2. The molecule has 10 heteroatoms. The van der Waals surface area contributed by atoms with Crippen LogP contribution in [0.4, 0.5) is 0 Å². The van der Waals surface area contributed by atoms with Gasteiger partial charge in [0.25, 0.3) is 5.91 Å². The van der Waals surface area contributed by atoms with Crippen molar-refractivity contribution in [2.24, 2.45) is 23.3 Å². The van der Waals surface area contributed by atoms with Gasteiger partial charge in [0.15, 0.2) is 11.4 Å². The SMILES string of the molecule is CN(C)CC#Cc1ccc(O)c2c1CC1CC3[C@H](N)C(=O)C(C(N)=O)=C(O)[C@@]3(O)C(=O)C1=C2O. The van der Waals surface area contributed by atoms with Crippen molar-refractivity contribution in [2.45, 2.75) is 24.5 Å². The molecular weight excluding hydrogens is 442 g/mol. The fraction of sp³-hybridized carbons (Fsp3) is 0.375. The number of phenolic OH excluding ortho intramolecular Hbond substituents is 1. The molecule has 0 bridgehead atoms. The maximum atomic E-state index is 13.5. The van der Waals surface area contributed by atoms with Crippen LogP contribution in [0.15, 0.2) is 29.0 Å². The maximum Gasteiger partial charge on any atom is 0.255 e. The minimum Gasteiger partial charge on any atom is -0.508 e. The van der Waals surface area contributed by atoms with Crippen LogP contribution < -0.4 is 11.5 Å². The van der Waals surface area contributed by atoms with Crippen molar-refractivity contribution in [1.82, 2.24) is 4.90 Å². The Morgan fingerprint density at radius 2 is 1.91 bits per heavy atom. The Labute approximate surface area is 195 Å². The molecule has 8 N–H and O–H groups in total. The first-order valence-corrected chi connectivity index (χ1v) is 10.6. The molecule has 0 aliphatic heterocycles. The second-order valence-corrected chi connectivity index (χ2v) is 9.10. The minimum absolute atomic E-state index is 0.00748. The molecule has 0 heterocycles. The lowest BCUT2D eigenvalue weighted by molar-refractivity contribution is -0.149. The number of aliphatic hydroxyl groups excluding tert-OH is 2. The predicted molar refractivity (Wildman–Crippen MR) is 120 cm³/mol. The standard InChI is InChI=1S/C24H25N3O7/c1-27(2)7-3-4-10-5-6-14(28)16-12(10)8-11-9-13-18(25)20(30)17(23(26)33)22(32)24(13,34)21(31)15(11)19(16)29/h5-6,11,13,18,28-29,32,34H,7-9,25H2,1-2H3,(H2,26,33)/t11?,13?,18-,24-/m0/s1. The summed E-state index contributed by atoms with van der Waals surface area (Å²) in [4.78, 5) is 39.7. The highest BCUT2D eigenvalue weighted by Crippen LogP contribution is 2.51. The van der Waals surface area contributed by atoms with Gasteiger partial charge in [-0.1, -0.05) is 11.8 Å². The first kappa shape index (κ1) is 23.5. The topological polar surface area (TPSA) is 187 Å². The van der Waals surface area contributed by atoms with Crippen LogP contribution >= 0.6 is 0 Å². The molecule has 1 aromatic carbocycles. The number of carbonyl (C=O) groups is 3. The molecule has 4 atom stereocenters. The van der Waals surface area contributed by atoms with E-state index in [9.17, 15) is 34.8 Å². The van der Waals surface area contributed by atoms with Crippen LogP contribution in [0, 0.1) is 23.7 Å². The largest absolute Gasteiger partial charge is 0.508 e. The average Bonchev–Trinajstić information content (AvgIpc) is 2.75. The van der Waals surface area contributed by atoms with E-state index in [0.29, 0.717) is 17.7 Å². The first-order valence-electron chi connectivity index (χ1n) is 10.6. The molecule has 1 saturated carbocycles. The van der Waals surface area contributed by atoms with Crippen LogP contribution in [0.5, 0.6) is 5.75 Å². The summed E-state index contributed by atoms with van der Waals surface area (Å²) in [6, 6.07) is 1.48. The van der Waals surface area contributed by atoms with E-state index in [-0.39, 0.29) is 29.7 Å². The van der Waals surface area contributed by atoms with Crippen LogP contribution in [-0.2, 0) is 20.8 Å². The van der Waals surface area contributed by atoms with Gasteiger partial charge in [-0.2, -0.15) is 0 Å². The molecule has 3 aliphatic carbocycles. The van der Waals surface area contributed by atoms with E-state index in [1.165, 1.54) is 6.07 Å². The highest BCUT2D eigenvalue weighted by Gasteiger charge is 2.63. The average molecular weight is 467 g/mol. The van der Waals surface area contributed by atoms with Crippen LogP contribution in [0.2, 0.25) is 0 Å². The Balaban J connectivity index is 1.90. The van der Waals surface area contributed by atoms with Crippen LogP contribution in [0.25, 0.3) is 5.76 Å². The summed E-state index contributed by atoms with van der Waals surface area (Å²) in [6.45, 7) is 0.477. The first-order chi connectivity index (χ1) is 15.9.